The van der Waals surface area contributed by atoms with Crippen molar-refractivity contribution in [2.24, 2.45) is 4.99 Å². The van der Waals surface area contributed by atoms with Crippen LogP contribution in [0.2, 0.25) is 0 Å². The molecule has 0 saturated carbocycles. The zero-order chi connectivity index (χ0) is 29.3. The van der Waals surface area contributed by atoms with Crippen LogP contribution in [0.1, 0.15) is 37.9 Å². The molecule has 1 aliphatic rings. The van der Waals surface area contributed by atoms with Crippen LogP contribution in [0.3, 0.4) is 0 Å². The lowest BCUT2D eigenvalue weighted by Crippen LogP contribution is -2.43. The van der Waals surface area contributed by atoms with Crippen molar-refractivity contribution in [2.45, 2.75) is 33.4 Å². The highest BCUT2D eigenvalue weighted by Crippen LogP contribution is 2.40. The molecular weight excluding hydrogens is 548 g/mol. The molecule has 41 heavy (non-hydrogen) atoms. The van der Waals surface area contributed by atoms with Gasteiger partial charge in [0, 0.05) is 18.7 Å². The van der Waals surface area contributed by atoms with Crippen molar-refractivity contribution < 1.29 is 23.0 Å². The summed E-state index contributed by atoms with van der Waals surface area (Å²) in [5, 5.41) is 1.81. The Kier molecular flexibility index (Phi) is 8.03. The molecule has 0 saturated heterocycles. The summed E-state index contributed by atoms with van der Waals surface area (Å²) in [5.74, 6) is 0.384. The van der Waals surface area contributed by atoms with Gasteiger partial charge in [-0.05, 0) is 61.4 Å². The van der Waals surface area contributed by atoms with Crippen LogP contribution >= 0.6 is 11.3 Å². The normalized spacial score (nSPS) is 15.2. The molecule has 1 aliphatic heterocycles. The van der Waals surface area contributed by atoms with E-state index in [2.05, 4.69) is 4.74 Å². The number of halogens is 2. The molecule has 4 aromatic rings. The van der Waals surface area contributed by atoms with Gasteiger partial charge in [-0.15, -0.1) is 0 Å². The number of aromatic nitrogens is 1. The van der Waals surface area contributed by atoms with Crippen LogP contribution in [0, 0.1) is 0 Å². The second kappa shape index (κ2) is 11.7. The molecule has 5 rings (SSSR count). The molecule has 1 amide bonds. The number of ether oxygens (including phenoxy) is 2. The number of carbonyl (C=O) groups is 1. The number of hydrogen-bond acceptors (Lipinski definition) is 6. The smallest absolute Gasteiger partial charge is 0.387 e. The molecule has 0 fully saturated rings. The standard InChI is InChI=1S/C31H29F2N3O4S/c1-5-35(6-2)29(38)25-18(3)34-31-36(27(25)26-22-10-8-7-9-20(22)13-16-23(26)39-4)28(37)24(41-31)17-19-11-14-21(15-12-19)40-30(32)33/h7-17,27,30H,5-6H2,1-4H3/b24-17-/t27-/m0/s1. The number of hydrogen-bond donors (Lipinski definition) is 0. The summed E-state index contributed by atoms with van der Waals surface area (Å²) in [6, 6.07) is 16.8. The minimum atomic E-state index is -2.92. The number of thiazole rings is 1. The predicted molar refractivity (Wildman–Crippen MR) is 155 cm³/mol. The molecule has 7 nitrogen and oxygen atoms in total. The van der Waals surface area contributed by atoms with Crippen LogP contribution in [0.5, 0.6) is 11.5 Å². The summed E-state index contributed by atoms with van der Waals surface area (Å²) in [4.78, 5) is 35.0. The molecule has 0 bridgehead atoms. The van der Waals surface area contributed by atoms with Gasteiger partial charge in [0.15, 0.2) is 4.80 Å². The number of nitrogens with zero attached hydrogens (tertiary/aromatic N) is 3. The number of fused-ring (bicyclic) bond motifs is 2. The highest BCUT2D eigenvalue weighted by molar-refractivity contribution is 7.07. The van der Waals surface area contributed by atoms with E-state index in [4.69, 9.17) is 9.73 Å². The fourth-order valence-corrected chi connectivity index (χ4v) is 6.23. The van der Waals surface area contributed by atoms with Gasteiger partial charge in [-0.2, -0.15) is 8.78 Å². The average Bonchev–Trinajstić information content (AvgIpc) is 3.26. The van der Waals surface area contributed by atoms with Crippen LogP contribution in [-0.2, 0) is 4.79 Å². The maximum Gasteiger partial charge on any atom is 0.387 e. The van der Waals surface area contributed by atoms with E-state index in [0.29, 0.717) is 50.6 Å². The lowest BCUT2D eigenvalue weighted by molar-refractivity contribution is -0.127. The van der Waals surface area contributed by atoms with E-state index in [9.17, 15) is 18.4 Å². The topological polar surface area (TPSA) is 73.1 Å². The van der Waals surface area contributed by atoms with Crippen LogP contribution in [0.4, 0.5) is 8.78 Å². The first-order valence-corrected chi connectivity index (χ1v) is 14.0. The lowest BCUT2D eigenvalue weighted by Gasteiger charge is -2.30. The van der Waals surface area contributed by atoms with Crippen LogP contribution < -0.4 is 24.4 Å². The Hall–Kier alpha value is -4.31. The Morgan fingerprint density at radius 2 is 1.80 bits per heavy atom. The van der Waals surface area contributed by atoms with Gasteiger partial charge < -0.3 is 14.4 Å². The highest BCUT2D eigenvalue weighted by atomic mass is 32.1. The fraction of sp³-hybridized carbons (Fsp3) is 0.258. The third-order valence-corrected chi connectivity index (χ3v) is 8.11. The molecule has 0 radical (unpaired) electrons. The fourth-order valence-electron chi connectivity index (χ4n) is 5.18. The number of benzene rings is 3. The Bertz CT molecular complexity index is 1820. The molecule has 1 atom stereocenters. The van der Waals surface area contributed by atoms with Crippen LogP contribution in [0.25, 0.3) is 16.8 Å². The summed E-state index contributed by atoms with van der Waals surface area (Å²) in [7, 11) is 1.57. The Morgan fingerprint density at radius 3 is 2.46 bits per heavy atom. The van der Waals surface area contributed by atoms with Crippen LogP contribution in [0.15, 0.2) is 81.7 Å². The summed E-state index contributed by atoms with van der Waals surface area (Å²) >= 11 is 1.20. The molecule has 0 spiro atoms. The van der Waals surface area contributed by atoms with Crippen LogP contribution in [-0.4, -0.2) is 42.2 Å². The quantitative estimate of drug-likeness (QED) is 0.300. The zero-order valence-corrected chi connectivity index (χ0v) is 23.9. The second-order valence-corrected chi connectivity index (χ2v) is 10.4. The summed E-state index contributed by atoms with van der Waals surface area (Å²) < 4.78 is 37.4. The Labute approximate surface area is 239 Å². The van der Waals surface area contributed by atoms with Crippen molar-refractivity contribution >= 4 is 34.1 Å². The molecule has 0 aliphatic carbocycles. The number of amides is 1. The maximum absolute atomic E-state index is 14.1. The van der Waals surface area contributed by atoms with Gasteiger partial charge in [-0.1, -0.05) is 53.8 Å². The lowest BCUT2D eigenvalue weighted by atomic mass is 9.90. The minimum absolute atomic E-state index is 0.0249. The SMILES string of the molecule is CCN(CC)C(=O)C1=C(C)N=c2s/c(=C\c3ccc(OC(F)F)cc3)c(=O)n2[C@@H]1c1c(OC)ccc2ccccc12. The van der Waals surface area contributed by atoms with Gasteiger partial charge in [0.25, 0.3) is 11.5 Å². The van der Waals surface area contributed by atoms with E-state index < -0.39 is 12.7 Å². The molecular formula is C31H29F2N3O4S. The number of likely N-dealkylation sites (N-methyl/N-ethyl adjacent to an activating group) is 1. The zero-order valence-electron chi connectivity index (χ0n) is 23.1. The first kappa shape index (κ1) is 28.2. The van der Waals surface area contributed by atoms with Crippen molar-refractivity contribution in [2.75, 3.05) is 20.2 Å². The average molecular weight is 578 g/mol. The first-order valence-electron chi connectivity index (χ1n) is 13.2. The maximum atomic E-state index is 14.1. The first-order chi connectivity index (χ1) is 19.8. The molecule has 1 aromatic heterocycles. The number of allylic oxidation sites excluding steroid dienone is 1. The van der Waals surface area contributed by atoms with Gasteiger partial charge in [-0.25, -0.2) is 4.99 Å². The van der Waals surface area contributed by atoms with Crippen molar-refractivity contribution in [3.05, 3.63) is 103 Å². The number of alkyl halides is 2. The van der Waals surface area contributed by atoms with E-state index in [0.717, 1.165) is 10.8 Å². The van der Waals surface area contributed by atoms with Gasteiger partial charge in [0.05, 0.1) is 22.9 Å². The van der Waals surface area contributed by atoms with E-state index >= 15 is 0 Å². The highest BCUT2D eigenvalue weighted by Gasteiger charge is 2.36. The van der Waals surface area contributed by atoms with Gasteiger partial charge in [-0.3, -0.25) is 14.2 Å². The number of rotatable bonds is 8. The molecule has 0 N–H and O–H groups in total. The summed E-state index contributed by atoms with van der Waals surface area (Å²) in [6.07, 6.45) is 1.68. The molecule has 0 unspecified atom stereocenters. The van der Waals surface area contributed by atoms with Crippen molar-refractivity contribution in [3.8, 4) is 11.5 Å². The predicted octanol–water partition coefficient (Wildman–Crippen LogP) is 4.87. The van der Waals surface area contributed by atoms with E-state index in [-0.39, 0.29) is 17.2 Å². The number of methoxy groups -OCH3 is 1. The third-order valence-electron chi connectivity index (χ3n) is 7.13. The molecule has 10 heteroatoms. The summed E-state index contributed by atoms with van der Waals surface area (Å²) in [6.45, 7) is 3.70. The Morgan fingerprint density at radius 1 is 1.10 bits per heavy atom. The molecule has 212 valence electrons. The van der Waals surface area contributed by atoms with E-state index in [1.165, 1.54) is 23.5 Å². The molecule has 2 heterocycles. The minimum Gasteiger partial charge on any atom is -0.496 e. The van der Waals surface area contributed by atoms with E-state index in [1.807, 2.05) is 50.2 Å². The second-order valence-electron chi connectivity index (χ2n) is 9.41. The van der Waals surface area contributed by atoms with Crippen molar-refractivity contribution in [1.29, 1.82) is 0 Å². The largest absolute Gasteiger partial charge is 0.496 e. The van der Waals surface area contributed by atoms with Gasteiger partial charge >= 0.3 is 6.61 Å². The van der Waals surface area contributed by atoms with E-state index in [1.54, 1.807) is 41.7 Å². The van der Waals surface area contributed by atoms with Gasteiger partial charge in [0.2, 0.25) is 0 Å². The van der Waals surface area contributed by atoms with Crippen molar-refractivity contribution in [3.63, 3.8) is 0 Å². The third kappa shape index (κ3) is 5.27. The molecule has 3 aromatic carbocycles. The Balaban J connectivity index is 1.77. The summed E-state index contributed by atoms with van der Waals surface area (Å²) in [5.41, 5.74) is 1.96. The monoisotopic (exact) mass is 577 g/mol. The van der Waals surface area contributed by atoms with Crippen molar-refractivity contribution in [1.82, 2.24) is 9.47 Å². The van der Waals surface area contributed by atoms with Gasteiger partial charge in [0.1, 0.15) is 17.5 Å². The number of carbonyl (C=O) groups excluding carboxylic acids is 1.